The summed E-state index contributed by atoms with van der Waals surface area (Å²) in [5, 5.41) is 21.3. The molecule has 25 heavy (non-hydrogen) atoms. The largest absolute Gasteiger partial charge is 0.507 e. The number of fused-ring (bicyclic) bond motifs is 1. The van der Waals surface area contributed by atoms with Gasteiger partial charge in [0.1, 0.15) is 24.2 Å². The summed E-state index contributed by atoms with van der Waals surface area (Å²) in [6.07, 6.45) is 1.19. The van der Waals surface area contributed by atoms with Gasteiger partial charge in [-0.15, -0.1) is 0 Å². The van der Waals surface area contributed by atoms with Crippen molar-refractivity contribution in [2.24, 2.45) is 0 Å². The van der Waals surface area contributed by atoms with Crippen LogP contribution in [0.15, 0.2) is 72.8 Å². The van der Waals surface area contributed by atoms with E-state index in [4.69, 9.17) is 4.74 Å². The van der Waals surface area contributed by atoms with Gasteiger partial charge in [0.05, 0.1) is 0 Å². The smallest absolute Gasteiger partial charge is 0.127 e. The van der Waals surface area contributed by atoms with Crippen molar-refractivity contribution in [1.29, 1.82) is 0 Å². The molecule has 1 atom stereocenters. The lowest BCUT2D eigenvalue weighted by molar-refractivity contribution is 0.219. The summed E-state index contributed by atoms with van der Waals surface area (Å²) in [5.41, 5.74) is 3.90. The molecule has 1 aliphatic rings. The summed E-state index contributed by atoms with van der Waals surface area (Å²) >= 11 is 0. The molecule has 0 bridgehead atoms. The van der Waals surface area contributed by atoms with Gasteiger partial charge in [0, 0.05) is 16.7 Å². The third kappa shape index (κ3) is 2.90. The van der Waals surface area contributed by atoms with Crippen molar-refractivity contribution in [1.82, 2.24) is 0 Å². The van der Waals surface area contributed by atoms with Gasteiger partial charge in [-0.3, -0.25) is 0 Å². The highest BCUT2D eigenvalue weighted by Gasteiger charge is 2.22. The highest BCUT2D eigenvalue weighted by atomic mass is 16.5. The lowest BCUT2D eigenvalue weighted by Gasteiger charge is -2.23. The van der Waals surface area contributed by atoms with Gasteiger partial charge in [-0.05, 0) is 29.3 Å². The Morgan fingerprint density at radius 2 is 1.60 bits per heavy atom. The average molecular weight is 330 g/mol. The molecule has 1 heterocycles. The van der Waals surface area contributed by atoms with Crippen molar-refractivity contribution < 1.29 is 14.9 Å². The number of aliphatic hydroxyl groups excluding tert-OH is 1. The van der Waals surface area contributed by atoms with E-state index < -0.39 is 6.10 Å². The summed E-state index contributed by atoms with van der Waals surface area (Å²) in [7, 11) is 0. The highest BCUT2D eigenvalue weighted by molar-refractivity contribution is 5.89. The van der Waals surface area contributed by atoms with E-state index in [9.17, 15) is 10.2 Å². The zero-order valence-corrected chi connectivity index (χ0v) is 13.6. The first-order chi connectivity index (χ1) is 12.2. The summed E-state index contributed by atoms with van der Waals surface area (Å²) < 4.78 is 5.82. The van der Waals surface area contributed by atoms with Crippen LogP contribution in [-0.4, -0.2) is 16.8 Å². The van der Waals surface area contributed by atoms with Crippen molar-refractivity contribution in [2.45, 2.75) is 6.10 Å². The molecular formula is C22H18O3. The van der Waals surface area contributed by atoms with Gasteiger partial charge in [-0.2, -0.15) is 0 Å². The third-order valence-electron chi connectivity index (χ3n) is 4.44. The van der Waals surface area contributed by atoms with Crippen LogP contribution in [0.2, 0.25) is 0 Å². The molecule has 0 aliphatic carbocycles. The maximum atomic E-state index is 10.8. The molecule has 0 radical (unpaired) electrons. The Morgan fingerprint density at radius 1 is 0.840 bits per heavy atom. The summed E-state index contributed by atoms with van der Waals surface area (Å²) in [6.45, 7) is 0.350. The van der Waals surface area contributed by atoms with E-state index in [2.05, 4.69) is 0 Å². The first-order valence-electron chi connectivity index (χ1n) is 8.21. The molecule has 3 aromatic rings. The molecule has 0 amide bonds. The highest BCUT2D eigenvalue weighted by Crippen LogP contribution is 2.38. The molecule has 2 N–H and O–H groups in total. The van der Waals surface area contributed by atoms with Crippen molar-refractivity contribution in [3.63, 3.8) is 0 Å². The number of phenolic OH excluding ortho intramolecular Hbond substituents is 1. The van der Waals surface area contributed by atoms with E-state index >= 15 is 0 Å². The Morgan fingerprint density at radius 3 is 2.44 bits per heavy atom. The van der Waals surface area contributed by atoms with Crippen LogP contribution in [0.5, 0.6) is 11.5 Å². The molecule has 1 aliphatic heterocycles. The van der Waals surface area contributed by atoms with E-state index in [0.717, 1.165) is 22.4 Å². The molecule has 3 heteroatoms. The van der Waals surface area contributed by atoms with Crippen LogP contribution in [0.25, 0.3) is 11.6 Å². The summed E-state index contributed by atoms with van der Waals surface area (Å²) in [4.78, 5) is 0. The van der Waals surface area contributed by atoms with Crippen molar-refractivity contribution in [3.05, 3.63) is 95.1 Å². The number of ether oxygens (including phenoxy) is 1. The van der Waals surface area contributed by atoms with Gasteiger partial charge in [0.25, 0.3) is 0 Å². The Kier molecular flexibility index (Phi) is 4.00. The molecule has 3 nitrogen and oxygen atoms in total. The molecule has 0 saturated carbocycles. The lowest BCUT2D eigenvalue weighted by Crippen LogP contribution is -2.10. The van der Waals surface area contributed by atoms with Crippen molar-refractivity contribution in [2.75, 3.05) is 6.61 Å². The number of hydrogen-bond acceptors (Lipinski definition) is 3. The fourth-order valence-corrected chi connectivity index (χ4v) is 3.21. The Hall–Kier alpha value is -3.04. The van der Waals surface area contributed by atoms with Crippen LogP contribution in [0, 0.1) is 0 Å². The normalized spacial score (nSPS) is 14.2. The van der Waals surface area contributed by atoms with Crippen LogP contribution in [0.1, 0.15) is 28.4 Å². The molecule has 0 aromatic heterocycles. The van der Waals surface area contributed by atoms with Gasteiger partial charge in [-0.1, -0.05) is 60.7 Å². The van der Waals surface area contributed by atoms with Crippen LogP contribution in [-0.2, 0) is 0 Å². The Balaban J connectivity index is 1.82. The number of phenols is 1. The number of para-hydroxylation sites is 1. The standard InChI is InChI=1S/C22H18O3/c23-19-11-6-10-18(22(24)15-7-2-1-3-8-15)21(19)17-13-16-9-4-5-12-20(16)25-14-17/h1-13,22-24H,14H2. The molecule has 0 fully saturated rings. The Labute approximate surface area is 146 Å². The van der Waals surface area contributed by atoms with Gasteiger partial charge in [-0.25, -0.2) is 0 Å². The van der Waals surface area contributed by atoms with Crippen molar-refractivity contribution in [3.8, 4) is 11.5 Å². The fraction of sp³-hybridized carbons (Fsp3) is 0.0909. The predicted octanol–water partition coefficient (Wildman–Crippen LogP) is 4.41. The van der Waals surface area contributed by atoms with E-state index in [0.29, 0.717) is 17.7 Å². The minimum absolute atomic E-state index is 0.140. The molecular weight excluding hydrogens is 312 g/mol. The molecule has 0 spiro atoms. The second-order valence-electron chi connectivity index (χ2n) is 6.05. The monoisotopic (exact) mass is 330 g/mol. The first-order valence-corrected chi connectivity index (χ1v) is 8.21. The predicted molar refractivity (Wildman–Crippen MR) is 98.4 cm³/mol. The number of aromatic hydroxyl groups is 1. The molecule has 3 aromatic carbocycles. The maximum Gasteiger partial charge on any atom is 0.127 e. The maximum absolute atomic E-state index is 10.8. The molecule has 124 valence electrons. The minimum Gasteiger partial charge on any atom is -0.507 e. The minimum atomic E-state index is -0.818. The first kappa shape index (κ1) is 15.5. The second kappa shape index (κ2) is 6.46. The summed E-state index contributed by atoms with van der Waals surface area (Å²) in [5.74, 6) is 0.966. The molecule has 1 unspecified atom stereocenters. The lowest BCUT2D eigenvalue weighted by atomic mass is 9.90. The number of rotatable bonds is 3. The van der Waals surface area contributed by atoms with Crippen LogP contribution < -0.4 is 4.74 Å². The van der Waals surface area contributed by atoms with E-state index in [1.54, 1.807) is 12.1 Å². The van der Waals surface area contributed by atoms with Gasteiger partial charge in [0.15, 0.2) is 0 Å². The SMILES string of the molecule is Oc1cccc(C(O)c2ccccc2)c1C1=Cc2ccccc2OC1. The van der Waals surface area contributed by atoms with Gasteiger partial charge >= 0.3 is 0 Å². The van der Waals surface area contributed by atoms with E-state index in [-0.39, 0.29) is 5.75 Å². The van der Waals surface area contributed by atoms with Crippen molar-refractivity contribution >= 4 is 11.6 Å². The topological polar surface area (TPSA) is 49.7 Å². The van der Waals surface area contributed by atoms with Crippen LogP contribution in [0.4, 0.5) is 0 Å². The fourth-order valence-electron chi connectivity index (χ4n) is 3.21. The van der Waals surface area contributed by atoms with Crippen LogP contribution >= 0.6 is 0 Å². The third-order valence-corrected chi connectivity index (χ3v) is 4.44. The molecule has 4 rings (SSSR count). The summed E-state index contributed by atoms with van der Waals surface area (Å²) in [6, 6.07) is 22.4. The average Bonchev–Trinajstić information content (AvgIpc) is 2.67. The second-order valence-corrected chi connectivity index (χ2v) is 6.05. The zero-order chi connectivity index (χ0) is 17.2. The Bertz CT molecular complexity index is 929. The van der Waals surface area contributed by atoms with Crippen LogP contribution in [0.3, 0.4) is 0 Å². The van der Waals surface area contributed by atoms with E-state index in [1.807, 2.05) is 66.7 Å². The number of aliphatic hydroxyl groups is 1. The van der Waals surface area contributed by atoms with Gasteiger partial charge in [0.2, 0.25) is 0 Å². The molecule has 0 saturated heterocycles. The quantitative estimate of drug-likeness (QED) is 0.748. The zero-order valence-electron chi connectivity index (χ0n) is 13.6. The number of hydrogen-bond donors (Lipinski definition) is 2. The van der Waals surface area contributed by atoms with Gasteiger partial charge < -0.3 is 14.9 Å². The number of benzene rings is 3. The van der Waals surface area contributed by atoms with E-state index in [1.165, 1.54) is 0 Å².